The first kappa shape index (κ1) is 5.50. The summed E-state index contributed by atoms with van der Waals surface area (Å²) in [5, 5.41) is 12.1. The van der Waals surface area contributed by atoms with E-state index in [0.717, 1.165) is 0 Å². The number of nitrogens with zero attached hydrogens (tertiary/aromatic N) is 3. The molecule has 0 aliphatic carbocycles. The number of aromatic nitrogens is 4. The number of nitrogens with one attached hydrogen (secondary N) is 1. The van der Waals surface area contributed by atoms with Gasteiger partial charge in [-0.3, -0.25) is 0 Å². The predicted octanol–water partition coefficient (Wildman–Crippen LogP) is -0.742. The van der Waals surface area contributed by atoms with Crippen molar-refractivity contribution in [3.63, 3.8) is 0 Å². The molecule has 0 aliphatic heterocycles. The third-order valence-corrected chi connectivity index (χ3v) is 0.270. The maximum absolute atomic E-state index is 3.31. The van der Waals surface area contributed by atoms with E-state index in [1.165, 1.54) is 6.33 Å². The highest BCUT2D eigenvalue weighted by Crippen LogP contribution is 1.43. The molecule has 1 rings (SSSR count). The van der Waals surface area contributed by atoms with E-state index in [4.69, 9.17) is 0 Å². The fraction of sp³-hybridized carbons (Fsp3) is 0. The highest BCUT2D eigenvalue weighted by Gasteiger charge is 1.58. The van der Waals surface area contributed by atoms with Crippen LogP contribution < -0.4 is 0 Å². The van der Waals surface area contributed by atoms with Crippen LogP contribution in [0.4, 0.5) is 0 Å². The monoisotopic (exact) mass is 104 g/mol. The zero-order valence-electron chi connectivity index (χ0n) is 3.13. The maximum atomic E-state index is 3.31. The fourth-order valence-electron chi connectivity index (χ4n) is 0.129. The van der Waals surface area contributed by atoms with Crippen molar-refractivity contribution in [3.8, 4) is 0 Å². The van der Waals surface area contributed by atoms with Crippen molar-refractivity contribution in [1.29, 1.82) is 0 Å². The second kappa shape index (κ2) is 2.72. The Balaban J connectivity index is 0.000000250. The van der Waals surface area contributed by atoms with E-state index in [2.05, 4.69) is 20.6 Å². The molecule has 0 amide bonds. The molecule has 0 fully saturated rings. The van der Waals surface area contributed by atoms with E-state index in [1.54, 1.807) is 0 Å². The summed E-state index contributed by atoms with van der Waals surface area (Å²) in [6, 6.07) is 0. The molecule has 0 spiro atoms. The largest absolute Gasteiger partial charge is 0.246 e. The van der Waals surface area contributed by atoms with E-state index in [9.17, 15) is 0 Å². The second-order valence-corrected chi connectivity index (χ2v) is 0.563. The van der Waals surface area contributed by atoms with Crippen LogP contribution in [0.1, 0.15) is 0 Å². The molecule has 1 heterocycles. The van der Waals surface area contributed by atoms with Crippen LogP contribution in [0.15, 0.2) is 6.33 Å². The lowest BCUT2D eigenvalue weighted by molar-refractivity contribution is 0.881. The van der Waals surface area contributed by atoms with Gasteiger partial charge in [-0.05, 0) is 10.4 Å². The average Bonchev–Trinajstić information content (AvgIpc) is 1.76. The van der Waals surface area contributed by atoms with Gasteiger partial charge >= 0.3 is 0 Å². The predicted molar refractivity (Wildman–Crippen MR) is 25.3 cm³/mol. The Morgan fingerprint density at radius 3 is 2.50 bits per heavy atom. The van der Waals surface area contributed by atoms with Gasteiger partial charge in [0.15, 0.2) is 0 Å². The van der Waals surface area contributed by atoms with Crippen molar-refractivity contribution in [2.24, 2.45) is 0 Å². The Morgan fingerprint density at radius 2 is 2.33 bits per heavy atom. The van der Waals surface area contributed by atoms with Gasteiger partial charge in [0.05, 0.1) is 0 Å². The molecule has 1 aromatic heterocycles. The van der Waals surface area contributed by atoms with Crippen molar-refractivity contribution < 1.29 is 0 Å². The summed E-state index contributed by atoms with van der Waals surface area (Å²) in [5.74, 6) is 0. The summed E-state index contributed by atoms with van der Waals surface area (Å²) in [5.41, 5.74) is 0. The van der Waals surface area contributed by atoms with E-state index in [0.29, 0.717) is 0 Å². The van der Waals surface area contributed by atoms with Crippen molar-refractivity contribution in [2.75, 3.05) is 0 Å². The molecule has 0 saturated carbocycles. The lowest BCUT2D eigenvalue weighted by Crippen LogP contribution is -1.64. The van der Waals surface area contributed by atoms with Crippen LogP contribution in [0, 0.1) is 0 Å². The van der Waals surface area contributed by atoms with Gasteiger partial charge in [0.1, 0.15) is 6.33 Å². The first-order valence-corrected chi connectivity index (χ1v) is 1.17. The molecule has 1 unspecified atom stereocenters. The first-order valence-electron chi connectivity index (χ1n) is 1.17. The minimum Gasteiger partial charge on any atom is -0.246 e. The molecule has 0 radical (unpaired) electrons. The van der Waals surface area contributed by atoms with Crippen molar-refractivity contribution >= 4 is 9.90 Å². The number of H-pyrrole nitrogens is 1. The van der Waals surface area contributed by atoms with Gasteiger partial charge in [0.25, 0.3) is 0 Å². The SMILES string of the molecule is P.c1nnn[nH]1. The number of aromatic amines is 1. The van der Waals surface area contributed by atoms with Crippen molar-refractivity contribution in [1.82, 2.24) is 20.6 Å². The lowest BCUT2D eigenvalue weighted by atomic mass is 11.4. The molecule has 1 atom stereocenters. The van der Waals surface area contributed by atoms with Gasteiger partial charge in [0, 0.05) is 0 Å². The Kier molecular flexibility index (Phi) is 2.50. The molecule has 5 heteroatoms. The molecular weight excluding hydrogens is 99.0 g/mol. The molecule has 0 bridgehead atoms. The van der Waals surface area contributed by atoms with Crippen LogP contribution in [0.3, 0.4) is 0 Å². The standard InChI is InChI=1S/CH2N4.H3P/c1-2-4-5-3-1;/h1H,(H,2,3,4,5);1H3. The fourth-order valence-corrected chi connectivity index (χ4v) is 0.129. The number of hydrogen-bond donors (Lipinski definition) is 1. The summed E-state index contributed by atoms with van der Waals surface area (Å²) in [7, 11) is 0. The van der Waals surface area contributed by atoms with Gasteiger partial charge in [-0.15, -0.1) is 5.10 Å². The topological polar surface area (TPSA) is 54.5 Å². The molecule has 6 heavy (non-hydrogen) atoms. The molecule has 4 nitrogen and oxygen atoms in total. The molecule has 0 aromatic carbocycles. The van der Waals surface area contributed by atoms with Crippen LogP contribution in [0.25, 0.3) is 0 Å². The van der Waals surface area contributed by atoms with Crippen LogP contribution in [0.2, 0.25) is 0 Å². The summed E-state index contributed by atoms with van der Waals surface area (Å²) in [4.78, 5) is 0. The van der Waals surface area contributed by atoms with Crippen LogP contribution in [-0.4, -0.2) is 20.6 Å². The molecule has 0 saturated heterocycles. The van der Waals surface area contributed by atoms with Gasteiger partial charge in [-0.2, -0.15) is 9.90 Å². The van der Waals surface area contributed by atoms with Gasteiger partial charge in [-0.1, -0.05) is 0 Å². The van der Waals surface area contributed by atoms with Crippen LogP contribution >= 0.6 is 9.90 Å². The van der Waals surface area contributed by atoms with Gasteiger partial charge in [-0.25, -0.2) is 5.10 Å². The number of tetrazole rings is 1. The highest BCUT2D eigenvalue weighted by atomic mass is 31.0. The maximum Gasteiger partial charge on any atom is 0.135 e. The van der Waals surface area contributed by atoms with E-state index in [1.807, 2.05) is 0 Å². The van der Waals surface area contributed by atoms with Gasteiger partial charge < -0.3 is 0 Å². The van der Waals surface area contributed by atoms with E-state index < -0.39 is 0 Å². The highest BCUT2D eigenvalue weighted by molar-refractivity contribution is 6.92. The minimum atomic E-state index is 0. The summed E-state index contributed by atoms with van der Waals surface area (Å²) in [6.45, 7) is 0. The minimum absolute atomic E-state index is 0. The van der Waals surface area contributed by atoms with Crippen molar-refractivity contribution in [3.05, 3.63) is 6.33 Å². The van der Waals surface area contributed by atoms with E-state index in [-0.39, 0.29) is 9.90 Å². The van der Waals surface area contributed by atoms with Crippen LogP contribution in [0.5, 0.6) is 0 Å². The summed E-state index contributed by atoms with van der Waals surface area (Å²) < 4.78 is 0. The molecule has 34 valence electrons. The third kappa shape index (κ3) is 1.08. The summed E-state index contributed by atoms with van der Waals surface area (Å²) >= 11 is 0. The second-order valence-electron chi connectivity index (χ2n) is 0.563. The Hall–Kier alpha value is -0.500. The smallest absolute Gasteiger partial charge is 0.135 e. The number of rotatable bonds is 0. The molecule has 1 N–H and O–H groups in total. The average molecular weight is 104 g/mol. The zero-order valence-corrected chi connectivity index (χ0v) is 4.54. The quantitative estimate of drug-likeness (QED) is 0.441. The van der Waals surface area contributed by atoms with Crippen molar-refractivity contribution in [2.45, 2.75) is 0 Å². The van der Waals surface area contributed by atoms with Gasteiger partial charge in [0.2, 0.25) is 0 Å². The Labute approximate surface area is 38.0 Å². The zero-order chi connectivity index (χ0) is 3.54. The molecule has 0 aliphatic rings. The Bertz CT molecular complexity index is 64.0. The first-order chi connectivity index (χ1) is 2.50. The van der Waals surface area contributed by atoms with E-state index >= 15 is 0 Å². The normalized spacial score (nSPS) is 6.67. The summed E-state index contributed by atoms with van der Waals surface area (Å²) in [6.07, 6.45) is 1.40. The Morgan fingerprint density at radius 1 is 1.50 bits per heavy atom. The third-order valence-electron chi connectivity index (χ3n) is 0.270. The molecular formula is CH5N4P. The lowest BCUT2D eigenvalue weighted by Gasteiger charge is -1.42. The van der Waals surface area contributed by atoms with Crippen LogP contribution in [-0.2, 0) is 0 Å². The number of hydrogen-bond acceptors (Lipinski definition) is 3. The molecule has 1 aromatic rings.